The van der Waals surface area contributed by atoms with Gasteiger partial charge in [0.2, 0.25) is 5.91 Å². The van der Waals surface area contributed by atoms with E-state index in [4.69, 9.17) is 0 Å². The lowest BCUT2D eigenvalue weighted by molar-refractivity contribution is -0.172. The van der Waals surface area contributed by atoms with Gasteiger partial charge in [-0.2, -0.15) is 18.3 Å². The summed E-state index contributed by atoms with van der Waals surface area (Å²) in [7, 11) is 0. The molecule has 0 radical (unpaired) electrons. The molecule has 0 saturated carbocycles. The van der Waals surface area contributed by atoms with Crippen LogP contribution in [0.3, 0.4) is 0 Å². The molecule has 0 aliphatic carbocycles. The fourth-order valence-electron chi connectivity index (χ4n) is 1.87. The van der Waals surface area contributed by atoms with Crippen LogP contribution in [-0.2, 0) is 4.79 Å². The van der Waals surface area contributed by atoms with Crippen molar-refractivity contribution < 1.29 is 18.0 Å². The molecule has 0 bridgehead atoms. The Morgan fingerprint density at radius 2 is 2.25 bits per heavy atom. The van der Waals surface area contributed by atoms with Crippen LogP contribution in [0.1, 0.15) is 19.4 Å². The second-order valence-electron chi connectivity index (χ2n) is 3.65. The van der Waals surface area contributed by atoms with Crippen LogP contribution in [0.5, 0.6) is 0 Å². The minimum absolute atomic E-state index is 0.0746. The highest BCUT2D eigenvalue weighted by Crippen LogP contribution is 2.38. The van der Waals surface area contributed by atoms with Crippen LogP contribution < -0.4 is 4.90 Å². The Bertz CT molecular complexity index is 412. The average Bonchev–Trinajstić information content (AvgIpc) is 2.61. The summed E-state index contributed by atoms with van der Waals surface area (Å²) in [5.41, 5.74) is 0. The van der Waals surface area contributed by atoms with Crippen molar-refractivity contribution >= 4 is 11.7 Å². The number of hydrogen-bond acceptors (Lipinski definition) is 2. The number of fused-ring (bicyclic) bond motifs is 1. The monoisotopic (exact) mass is 233 g/mol. The smallest absolute Gasteiger partial charge is 0.297 e. The molecule has 0 spiro atoms. The molecule has 0 aromatic carbocycles. The summed E-state index contributed by atoms with van der Waals surface area (Å²) in [6.45, 7) is 1.40. The maximum Gasteiger partial charge on any atom is 0.410 e. The summed E-state index contributed by atoms with van der Waals surface area (Å²) >= 11 is 0. The predicted octanol–water partition coefficient (Wildman–Crippen LogP) is 1.74. The van der Waals surface area contributed by atoms with Gasteiger partial charge in [-0.3, -0.25) is 9.69 Å². The molecule has 1 aromatic rings. The Balaban J connectivity index is 2.40. The number of amides is 1. The molecule has 1 amide bonds. The van der Waals surface area contributed by atoms with E-state index in [0.717, 1.165) is 4.68 Å². The lowest BCUT2D eigenvalue weighted by Crippen LogP contribution is -2.42. The van der Waals surface area contributed by atoms with Crippen molar-refractivity contribution in [1.82, 2.24) is 9.78 Å². The molecule has 1 aliphatic heterocycles. The fraction of sp³-hybridized carbons (Fsp3) is 0.556. The molecule has 7 heteroatoms. The van der Waals surface area contributed by atoms with Gasteiger partial charge in [0.05, 0.1) is 6.20 Å². The zero-order valence-electron chi connectivity index (χ0n) is 8.53. The molecular weight excluding hydrogens is 223 g/mol. The SMILES string of the molecule is CC(=O)N1CCC(C(F)(F)F)n2nccc21. The lowest BCUT2D eigenvalue weighted by Gasteiger charge is -2.33. The van der Waals surface area contributed by atoms with Gasteiger partial charge >= 0.3 is 6.18 Å². The number of alkyl halides is 3. The van der Waals surface area contributed by atoms with Gasteiger partial charge in [-0.25, -0.2) is 4.68 Å². The third-order valence-electron chi connectivity index (χ3n) is 2.61. The number of carbonyl (C=O) groups excluding carboxylic acids is 1. The molecule has 1 atom stereocenters. The van der Waals surface area contributed by atoms with E-state index in [0.29, 0.717) is 0 Å². The second kappa shape index (κ2) is 3.50. The summed E-state index contributed by atoms with van der Waals surface area (Å²) in [5, 5.41) is 3.64. The predicted molar refractivity (Wildman–Crippen MR) is 50.0 cm³/mol. The summed E-state index contributed by atoms with van der Waals surface area (Å²) in [5.74, 6) is -0.0663. The number of halogens is 3. The minimum Gasteiger partial charge on any atom is -0.297 e. The van der Waals surface area contributed by atoms with Crippen LogP contribution in [0, 0.1) is 0 Å². The largest absolute Gasteiger partial charge is 0.410 e. The standard InChI is InChI=1S/C9H10F3N3O/c1-6(16)14-5-3-7(9(10,11)12)15-8(14)2-4-13-15/h2,4,7H,3,5H2,1H3. The number of hydrogen-bond donors (Lipinski definition) is 0. The van der Waals surface area contributed by atoms with Crippen molar-refractivity contribution in [2.75, 3.05) is 11.4 Å². The van der Waals surface area contributed by atoms with Crippen LogP contribution in [0.25, 0.3) is 0 Å². The first kappa shape index (κ1) is 11.0. The Hall–Kier alpha value is -1.53. The Kier molecular flexibility index (Phi) is 2.40. The van der Waals surface area contributed by atoms with E-state index in [2.05, 4.69) is 5.10 Å². The zero-order chi connectivity index (χ0) is 11.9. The van der Waals surface area contributed by atoms with E-state index in [1.807, 2.05) is 0 Å². The summed E-state index contributed by atoms with van der Waals surface area (Å²) < 4.78 is 38.9. The van der Waals surface area contributed by atoms with E-state index >= 15 is 0 Å². The van der Waals surface area contributed by atoms with Crippen molar-refractivity contribution in [1.29, 1.82) is 0 Å². The first-order valence-electron chi connectivity index (χ1n) is 4.79. The Morgan fingerprint density at radius 1 is 1.56 bits per heavy atom. The molecule has 1 unspecified atom stereocenters. The topological polar surface area (TPSA) is 38.1 Å². The van der Waals surface area contributed by atoms with E-state index in [1.54, 1.807) is 0 Å². The van der Waals surface area contributed by atoms with Gasteiger partial charge in [-0.05, 0) is 6.42 Å². The lowest BCUT2D eigenvalue weighted by atomic mass is 10.1. The van der Waals surface area contributed by atoms with Crippen LogP contribution in [-0.4, -0.2) is 28.4 Å². The summed E-state index contributed by atoms with van der Waals surface area (Å²) in [6.07, 6.45) is -3.21. The first-order chi connectivity index (χ1) is 7.41. The van der Waals surface area contributed by atoms with Gasteiger partial charge in [-0.1, -0.05) is 0 Å². The Labute approximate surface area is 89.6 Å². The highest BCUT2D eigenvalue weighted by Gasteiger charge is 2.45. The van der Waals surface area contributed by atoms with Gasteiger partial charge in [-0.15, -0.1) is 0 Å². The number of anilines is 1. The van der Waals surface area contributed by atoms with Crippen LogP contribution in [0.15, 0.2) is 12.3 Å². The van der Waals surface area contributed by atoms with E-state index in [1.165, 1.54) is 24.1 Å². The molecule has 2 rings (SSSR count). The van der Waals surface area contributed by atoms with Crippen LogP contribution >= 0.6 is 0 Å². The number of nitrogens with zero attached hydrogens (tertiary/aromatic N) is 3. The van der Waals surface area contributed by atoms with Gasteiger partial charge in [0.15, 0.2) is 6.04 Å². The molecule has 2 heterocycles. The van der Waals surface area contributed by atoms with Crippen molar-refractivity contribution in [2.24, 2.45) is 0 Å². The molecule has 88 valence electrons. The average molecular weight is 233 g/mol. The van der Waals surface area contributed by atoms with E-state index < -0.39 is 12.2 Å². The number of carbonyl (C=O) groups is 1. The first-order valence-corrected chi connectivity index (χ1v) is 4.79. The molecule has 0 N–H and O–H groups in total. The van der Waals surface area contributed by atoms with E-state index in [-0.39, 0.29) is 24.7 Å². The number of rotatable bonds is 0. The fourth-order valence-corrected chi connectivity index (χ4v) is 1.87. The van der Waals surface area contributed by atoms with Crippen molar-refractivity contribution in [3.05, 3.63) is 12.3 Å². The molecule has 0 fully saturated rings. The van der Waals surface area contributed by atoms with Crippen molar-refractivity contribution in [2.45, 2.75) is 25.6 Å². The highest BCUT2D eigenvalue weighted by molar-refractivity contribution is 5.90. The number of aromatic nitrogens is 2. The third-order valence-corrected chi connectivity index (χ3v) is 2.61. The van der Waals surface area contributed by atoms with Crippen LogP contribution in [0.4, 0.5) is 19.0 Å². The van der Waals surface area contributed by atoms with Crippen molar-refractivity contribution in [3.63, 3.8) is 0 Å². The molecule has 1 aliphatic rings. The van der Waals surface area contributed by atoms with Gasteiger partial charge in [0, 0.05) is 19.5 Å². The normalized spacial score (nSPS) is 20.8. The maximum absolute atomic E-state index is 12.7. The van der Waals surface area contributed by atoms with Gasteiger partial charge < -0.3 is 0 Å². The van der Waals surface area contributed by atoms with Gasteiger partial charge in [0.25, 0.3) is 0 Å². The molecule has 4 nitrogen and oxygen atoms in total. The maximum atomic E-state index is 12.7. The van der Waals surface area contributed by atoms with Crippen molar-refractivity contribution in [3.8, 4) is 0 Å². The second-order valence-corrected chi connectivity index (χ2v) is 3.65. The summed E-state index contributed by atoms with van der Waals surface area (Å²) in [4.78, 5) is 12.5. The molecular formula is C9H10F3N3O. The minimum atomic E-state index is -4.33. The molecule has 16 heavy (non-hydrogen) atoms. The Morgan fingerprint density at radius 3 is 2.81 bits per heavy atom. The third kappa shape index (κ3) is 1.66. The van der Waals surface area contributed by atoms with E-state index in [9.17, 15) is 18.0 Å². The summed E-state index contributed by atoms with van der Waals surface area (Å²) in [6, 6.07) is -0.215. The van der Waals surface area contributed by atoms with Crippen LogP contribution in [0.2, 0.25) is 0 Å². The van der Waals surface area contributed by atoms with Gasteiger partial charge in [0.1, 0.15) is 5.82 Å². The quantitative estimate of drug-likeness (QED) is 0.684. The highest BCUT2D eigenvalue weighted by atomic mass is 19.4. The molecule has 0 saturated heterocycles. The zero-order valence-corrected chi connectivity index (χ0v) is 8.53. The molecule has 1 aromatic heterocycles.